The molecule has 0 saturated carbocycles. The van der Waals surface area contributed by atoms with Crippen molar-refractivity contribution in [3.8, 4) is 0 Å². The van der Waals surface area contributed by atoms with Crippen molar-refractivity contribution in [2.75, 3.05) is 18.5 Å². The number of hydrogen-bond acceptors (Lipinski definition) is 7. The normalized spacial score (nSPS) is 21.4. The van der Waals surface area contributed by atoms with E-state index in [1.807, 2.05) is 0 Å². The van der Waals surface area contributed by atoms with E-state index in [-0.39, 0.29) is 25.3 Å². The SMILES string of the molecule is NC(=O)C1CCCN1C(=O)C(Cc1cncn1NCC(=O)O)NC(=O)C1CCC(=O)N1. The number of amides is 4. The van der Waals surface area contributed by atoms with E-state index in [9.17, 15) is 24.0 Å². The van der Waals surface area contributed by atoms with Crippen LogP contribution in [0.1, 0.15) is 31.4 Å². The minimum Gasteiger partial charge on any atom is -0.480 e. The highest BCUT2D eigenvalue weighted by Crippen LogP contribution is 2.19. The average molecular weight is 435 g/mol. The smallest absolute Gasteiger partial charge is 0.324 e. The number of aliphatic carboxylic acids is 1. The van der Waals surface area contributed by atoms with Gasteiger partial charge in [0.05, 0.1) is 11.9 Å². The zero-order valence-electron chi connectivity index (χ0n) is 16.7. The molecule has 3 heterocycles. The van der Waals surface area contributed by atoms with E-state index in [0.29, 0.717) is 31.5 Å². The fourth-order valence-corrected chi connectivity index (χ4v) is 3.79. The average Bonchev–Trinajstić information content (AvgIpc) is 3.45. The maximum absolute atomic E-state index is 13.3. The highest BCUT2D eigenvalue weighted by Gasteiger charge is 2.38. The van der Waals surface area contributed by atoms with Crippen LogP contribution in [0.4, 0.5) is 0 Å². The van der Waals surface area contributed by atoms with Crippen molar-refractivity contribution in [3.63, 3.8) is 0 Å². The lowest BCUT2D eigenvalue weighted by molar-refractivity contribution is -0.140. The van der Waals surface area contributed by atoms with Gasteiger partial charge in [-0.15, -0.1) is 0 Å². The molecule has 168 valence electrons. The summed E-state index contributed by atoms with van der Waals surface area (Å²) in [7, 11) is 0. The van der Waals surface area contributed by atoms with E-state index in [0.717, 1.165) is 0 Å². The lowest BCUT2D eigenvalue weighted by atomic mass is 10.1. The molecule has 3 atom stereocenters. The molecule has 0 spiro atoms. The first kappa shape index (κ1) is 22.1. The Morgan fingerprint density at radius 3 is 2.74 bits per heavy atom. The van der Waals surface area contributed by atoms with Crippen LogP contribution in [0.5, 0.6) is 0 Å². The molecule has 6 N–H and O–H groups in total. The maximum Gasteiger partial charge on any atom is 0.324 e. The third-order valence-electron chi connectivity index (χ3n) is 5.32. The van der Waals surface area contributed by atoms with Crippen molar-refractivity contribution < 1.29 is 29.1 Å². The minimum atomic E-state index is -1.08. The summed E-state index contributed by atoms with van der Waals surface area (Å²) in [6, 6.07) is -2.57. The summed E-state index contributed by atoms with van der Waals surface area (Å²) in [6.07, 6.45) is 4.36. The number of aromatic nitrogens is 2. The van der Waals surface area contributed by atoms with Crippen molar-refractivity contribution in [1.29, 1.82) is 0 Å². The highest BCUT2D eigenvalue weighted by molar-refractivity contribution is 5.95. The number of carbonyl (C=O) groups is 5. The van der Waals surface area contributed by atoms with Gasteiger partial charge in [0, 0.05) is 19.4 Å². The summed E-state index contributed by atoms with van der Waals surface area (Å²) >= 11 is 0. The first-order valence-electron chi connectivity index (χ1n) is 9.92. The van der Waals surface area contributed by atoms with Crippen LogP contribution < -0.4 is 21.8 Å². The molecule has 4 amide bonds. The molecular formula is C18H25N7O6. The number of likely N-dealkylation sites (tertiary alicyclic amines) is 1. The predicted octanol–water partition coefficient (Wildman–Crippen LogP) is -2.71. The van der Waals surface area contributed by atoms with E-state index in [2.05, 4.69) is 21.0 Å². The van der Waals surface area contributed by atoms with Gasteiger partial charge in [0.2, 0.25) is 23.6 Å². The number of carbonyl (C=O) groups excluding carboxylic acids is 4. The van der Waals surface area contributed by atoms with Gasteiger partial charge < -0.3 is 31.8 Å². The zero-order chi connectivity index (χ0) is 22.5. The summed E-state index contributed by atoms with van der Waals surface area (Å²) in [5.74, 6) is -2.94. The van der Waals surface area contributed by atoms with Crippen LogP contribution >= 0.6 is 0 Å². The number of primary amides is 1. The first-order valence-corrected chi connectivity index (χ1v) is 9.92. The van der Waals surface area contributed by atoms with Crippen LogP contribution in [0.25, 0.3) is 0 Å². The zero-order valence-corrected chi connectivity index (χ0v) is 16.7. The Hall–Kier alpha value is -3.64. The molecule has 13 heteroatoms. The second-order valence-corrected chi connectivity index (χ2v) is 7.50. The van der Waals surface area contributed by atoms with E-state index >= 15 is 0 Å². The molecule has 31 heavy (non-hydrogen) atoms. The Labute approximate surface area is 177 Å². The maximum atomic E-state index is 13.3. The number of carboxylic acids is 1. The molecule has 1 aromatic heterocycles. The third kappa shape index (κ3) is 5.29. The highest BCUT2D eigenvalue weighted by atomic mass is 16.4. The van der Waals surface area contributed by atoms with Crippen LogP contribution in [-0.4, -0.2) is 80.5 Å². The van der Waals surface area contributed by atoms with Gasteiger partial charge in [0.1, 0.15) is 31.0 Å². The van der Waals surface area contributed by atoms with Gasteiger partial charge in [-0.2, -0.15) is 0 Å². The summed E-state index contributed by atoms with van der Waals surface area (Å²) in [4.78, 5) is 65.2. The van der Waals surface area contributed by atoms with Gasteiger partial charge in [-0.05, 0) is 19.3 Å². The van der Waals surface area contributed by atoms with Gasteiger partial charge >= 0.3 is 5.97 Å². The number of nitrogens with two attached hydrogens (primary N) is 1. The molecular weight excluding hydrogens is 410 g/mol. The van der Waals surface area contributed by atoms with Crippen LogP contribution in [0, 0.1) is 0 Å². The van der Waals surface area contributed by atoms with Gasteiger partial charge in [-0.3, -0.25) is 28.6 Å². The number of hydrogen-bond donors (Lipinski definition) is 5. The molecule has 2 fully saturated rings. The molecule has 2 aliphatic heterocycles. The Morgan fingerprint density at radius 1 is 1.32 bits per heavy atom. The van der Waals surface area contributed by atoms with Crippen molar-refractivity contribution >= 4 is 29.6 Å². The molecule has 0 bridgehead atoms. The predicted molar refractivity (Wildman–Crippen MR) is 105 cm³/mol. The monoisotopic (exact) mass is 435 g/mol. The summed E-state index contributed by atoms with van der Waals surface area (Å²) in [5, 5.41) is 14.1. The van der Waals surface area contributed by atoms with Gasteiger partial charge in [0.15, 0.2) is 0 Å². The molecule has 13 nitrogen and oxygen atoms in total. The second kappa shape index (κ2) is 9.45. The molecule has 3 rings (SSSR count). The van der Waals surface area contributed by atoms with Crippen LogP contribution in [0.2, 0.25) is 0 Å². The summed E-state index contributed by atoms with van der Waals surface area (Å²) < 4.78 is 1.35. The Morgan fingerprint density at radius 2 is 2.10 bits per heavy atom. The van der Waals surface area contributed by atoms with E-state index in [4.69, 9.17) is 10.8 Å². The molecule has 0 aromatic carbocycles. The lowest BCUT2D eigenvalue weighted by Crippen LogP contribution is -2.56. The molecule has 2 aliphatic rings. The van der Waals surface area contributed by atoms with Gasteiger partial charge in [-0.25, -0.2) is 4.98 Å². The topological polar surface area (TPSA) is 189 Å². The quantitative estimate of drug-likeness (QED) is 0.277. The molecule has 3 unspecified atom stereocenters. The van der Waals surface area contributed by atoms with E-state index in [1.165, 1.54) is 22.1 Å². The Bertz CT molecular complexity index is 885. The van der Waals surface area contributed by atoms with Gasteiger partial charge in [-0.1, -0.05) is 0 Å². The second-order valence-electron chi connectivity index (χ2n) is 7.50. The van der Waals surface area contributed by atoms with Gasteiger partial charge in [0.25, 0.3) is 0 Å². The molecule has 1 aromatic rings. The number of imidazole rings is 1. The fourth-order valence-electron chi connectivity index (χ4n) is 3.79. The van der Waals surface area contributed by atoms with Crippen molar-refractivity contribution in [2.45, 2.75) is 50.2 Å². The fraction of sp³-hybridized carbons (Fsp3) is 0.556. The number of rotatable bonds is 9. The van der Waals surface area contributed by atoms with Crippen molar-refractivity contribution in [1.82, 2.24) is 25.2 Å². The summed E-state index contributed by atoms with van der Waals surface area (Å²) in [5.41, 5.74) is 8.51. The number of nitrogens with zero attached hydrogens (tertiary/aromatic N) is 3. The minimum absolute atomic E-state index is 0.0140. The largest absolute Gasteiger partial charge is 0.480 e. The van der Waals surface area contributed by atoms with E-state index in [1.54, 1.807) is 0 Å². The Kier molecular flexibility index (Phi) is 6.72. The standard InChI is InChI=1S/C18H25N7O6/c19-16(29)13-2-1-5-24(13)18(31)12(23-17(30)11-3-4-14(26)22-11)6-10-7-20-9-25(10)21-8-15(27)28/h7,9,11-13,21H,1-6,8H2,(H2,19,29)(H,22,26)(H,23,30)(H,27,28). The van der Waals surface area contributed by atoms with Crippen LogP contribution in [0.15, 0.2) is 12.5 Å². The van der Waals surface area contributed by atoms with E-state index < -0.39 is 41.8 Å². The number of nitrogens with one attached hydrogen (secondary N) is 3. The third-order valence-corrected chi connectivity index (χ3v) is 5.32. The van der Waals surface area contributed by atoms with Crippen LogP contribution in [-0.2, 0) is 30.4 Å². The Balaban J connectivity index is 1.79. The van der Waals surface area contributed by atoms with Crippen molar-refractivity contribution in [2.24, 2.45) is 5.73 Å². The lowest BCUT2D eigenvalue weighted by Gasteiger charge is -2.28. The summed E-state index contributed by atoms with van der Waals surface area (Å²) in [6.45, 7) is -0.0478. The molecule has 2 saturated heterocycles. The van der Waals surface area contributed by atoms with Crippen molar-refractivity contribution in [3.05, 3.63) is 18.2 Å². The molecule has 0 aliphatic carbocycles. The molecule has 0 radical (unpaired) electrons. The first-order chi connectivity index (χ1) is 14.8. The van der Waals surface area contributed by atoms with Crippen LogP contribution in [0.3, 0.4) is 0 Å². The number of carboxylic acid groups (broad SMARTS) is 1.